The second kappa shape index (κ2) is 12.7. The molecule has 1 rings (SSSR count). The van der Waals surface area contributed by atoms with Crippen LogP contribution in [0.2, 0.25) is 0 Å². The molecule has 0 spiro atoms. The monoisotopic (exact) mass is 438 g/mol. The molecule has 3 amide bonds. The number of hydrogen-bond acceptors (Lipinski definition) is 8. The van der Waals surface area contributed by atoms with Gasteiger partial charge >= 0.3 is 0 Å². The maximum Gasteiger partial charge on any atom is 0.245 e. The number of hydrogen-bond donors (Lipinski definition) is 7. The van der Waals surface area contributed by atoms with Crippen molar-refractivity contribution in [2.24, 2.45) is 5.73 Å². The number of aldehydes is 1. The fourth-order valence-corrected chi connectivity index (χ4v) is 2.60. The van der Waals surface area contributed by atoms with E-state index in [1.807, 2.05) is 0 Å². The molecule has 0 fully saturated rings. The van der Waals surface area contributed by atoms with Crippen LogP contribution in [0, 0.1) is 0 Å². The molecule has 0 saturated heterocycles. The molecule has 0 bridgehead atoms. The fourth-order valence-electron chi connectivity index (χ4n) is 2.60. The normalized spacial score (nSPS) is 16.7. The number of aliphatic hydroxyl groups excluding tert-OH is 3. The zero-order valence-electron chi connectivity index (χ0n) is 17.4. The van der Waals surface area contributed by atoms with Crippen LogP contribution in [0.1, 0.15) is 19.4 Å². The summed E-state index contributed by atoms with van der Waals surface area (Å²) in [7, 11) is 0. The van der Waals surface area contributed by atoms with Crippen LogP contribution >= 0.6 is 0 Å². The molecule has 11 nitrogen and oxygen atoms in total. The average Bonchev–Trinajstić information content (AvgIpc) is 2.74. The van der Waals surface area contributed by atoms with Crippen LogP contribution in [0.25, 0.3) is 0 Å². The maximum atomic E-state index is 12.9. The Hall–Kier alpha value is -2.86. The topological polar surface area (TPSA) is 191 Å². The van der Waals surface area contributed by atoms with Gasteiger partial charge in [-0.25, -0.2) is 0 Å². The predicted molar refractivity (Wildman–Crippen MR) is 110 cm³/mol. The average molecular weight is 438 g/mol. The van der Waals surface area contributed by atoms with Crippen LogP contribution in [0.5, 0.6) is 0 Å². The van der Waals surface area contributed by atoms with Crippen LogP contribution in [0.3, 0.4) is 0 Å². The van der Waals surface area contributed by atoms with Crippen LogP contribution in [0.15, 0.2) is 30.3 Å². The third-order valence-corrected chi connectivity index (χ3v) is 4.49. The molecule has 1 aromatic rings. The number of nitrogens with one attached hydrogen (secondary N) is 3. The number of carbonyl (C=O) groups excluding carboxylic acids is 4. The van der Waals surface area contributed by atoms with Gasteiger partial charge in [-0.1, -0.05) is 30.3 Å². The van der Waals surface area contributed by atoms with Gasteiger partial charge in [-0.15, -0.1) is 0 Å². The van der Waals surface area contributed by atoms with Gasteiger partial charge in [-0.05, 0) is 19.4 Å². The van der Waals surface area contributed by atoms with Crippen molar-refractivity contribution in [2.45, 2.75) is 56.6 Å². The fraction of sp³-hybridized carbons (Fsp3) is 0.500. The van der Waals surface area contributed by atoms with Gasteiger partial charge in [-0.2, -0.15) is 0 Å². The van der Waals surface area contributed by atoms with Gasteiger partial charge in [0.2, 0.25) is 17.7 Å². The van der Waals surface area contributed by atoms with Gasteiger partial charge in [0.1, 0.15) is 30.5 Å². The molecule has 0 saturated carbocycles. The number of benzene rings is 1. The van der Waals surface area contributed by atoms with E-state index in [9.17, 15) is 29.4 Å². The lowest BCUT2D eigenvalue weighted by Gasteiger charge is -2.26. The van der Waals surface area contributed by atoms with Crippen molar-refractivity contribution < 1.29 is 34.5 Å². The number of carbonyl (C=O) groups is 4. The van der Waals surface area contributed by atoms with E-state index in [1.54, 1.807) is 30.3 Å². The van der Waals surface area contributed by atoms with Gasteiger partial charge in [0.15, 0.2) is 0 Å². The van der Waals surface area contributed by atoms with Gasteiger partial charge < -0.3 is 41.8 Å². The Morgan fingerprint density at radius 1 is 0.968 bits per heavy atom. The standard InChI is InChI=1S/C20H30N4O7/c1-11(27)16(21)19(30)23-15(8-13-6-4-3-5-7-13)18(29)24-17(12(2)28)20(31)22-14(9-25)10-26/h3-7,9,11-12,14-17,26-28H,8,10,21H2,1-2H3,(H,22,31)(H,23,30)(H,24,29)/t11-,12-,14-,15+,16+,17+/m1/s1. The van der Waals surface area contributed by atoms with Crippen molar-refractivity contribution in [3.8, 4) is 0 Å². The number of nitrogens with two attached hydrogens (primary N) is 1. The Labute approximate surface area is 180 Å². The second-order valence-electron chi connectivity index (χ2n) is 7.18. The molecule has 6 atom stereocenters. The summed E-state index contributed by atoms with van der Waals surface area (Å²) in [5.41, 5.74) is 6.33. The molecule has 0 aliphatic rings. The molecule has 0 aromatic heterocycles. The maximum absolute atomic E-state index is 12.9. The summed E-state index contributed by atoms with van der Waals surface area (Å²) in [5.74, 6) is -2.45. The van der Waals surface area contributed by atoms with Crippen LogP contribution in [-0.4, -0.2) is 82.3 Å². The van der Waals surface area contributed by atoms with Crippen molar-refractivity contribution in [3.63, 3.8) is 0 Å². The lowest BCUT2D eigenvalue weighted by molar-refractivity contribution is -0.135. The van der Waals surface area contributed by atoms with Crippen molar-refractivity contribution >= 4 is 24.0 Å². The van der Waals surface area contributed by atoms with E-state index in [0.29, 0.717) is 11.8 Å². The highest BCUT2D eigenvalue weighted by Gasteiger charge is 2.32. The van der Waals surface area contributed by atoms with E-state index in [-0.39, 0.29) is 6.42 Å². The Kier molecular flexibility index (Phi) is 10.8. The molecule has 0 radical (unpaired) electrons. The largest absolute Gasteiger partial charge is 0.394 e. The summed E-state index contributed by atoms with van der Waals surface area (Å²) in [6, 6.07) is 3.62. The summed E-state index contributed by atoms with van der Waals surface area (Å²) < 4.78 is 0. The quantitative estimate of drug-likeness (QED) is 0.168. The Bertz CT molecular complexity index is 742. The molecule has 0 heterocycles. The van der Waals surface area contributed by atoms with Crippen LogP contribution < -0.4 is 21.7 Å². The first-order valence-corrected chi connectivity index (χ1v) is 9.73. The molecule has 31 heavy (non-hydrogen) atoms. The Morgan fingerprint density at radius 3 is 2.06 bits per heavy atom. The van der Waals surface area contributed by atoms with E-state index in [4.69, 9.17) is 10.8 Å². The first-order valence-electron chi connectivity index (χ1n) is 9.73. The number of amides is 3. The summed E-state index contributed by atoms with van der Waals surface area (Å²) in [4.78, 5) is 48.4. The van der Waals surface area contributed by atoms with Gasteiger partial charge in [-0.3, -0.25) is 14.4 Å². The van der Waals surface area contributed by atoms with E-state index >= 15 is 0 Å². The van der Waals surface area contributed by atoms with E-state index in [2.05, 4.69) is 16.0 Å². The summed E-state index contributed by atoms with van der Waals surface area (Å²) in [6.45, 7) is 1.93. The summed E-state index contributed by atoms with van der Waals surface area (Å²) in [5, 5.41) is 35.5. The van der Waals surface area contributed by atoms with Crippen molar-refractivity contribution in [2.75, 3.05) is 6.61 Å². The van der Waals surface area contributed by atoms with Crippen molar-refractivity contribution in [1.29, 1.82) is 0 Å². The van der Waals surface area contributed by atoms with Gasteiger partial charge in [0.05, 0.1) is 18.8 Å². The minimum absolute atomic E-state index is 0.0483. The molecule has 0 aliphatic carbocycles. The lowest BCUT2D eigenvalue weighted by Crippen LogP contribution is -2.60. The van der Waals surface area contributed by atoms with E-state index < -0.39 is 60.7 Å². The summed E-state index contributed by atoms with van der Waals surface area (Å²) >= 11 is 0. The molecule has 0 aliphatic heterocycles. The predicted octanol–water partition coefficient (Wildman–Crippen LogP) is -3.04. The van der Waals surface area contributed by atoms with Crippen molar-refractivity contribution in [1.82, 2.24) is 16.0 Å². The molecular weight excluding hydrogens is 408 g/mol. The summed E-state index contributed by atoms with van der Waals surface area (Å²) in [6.07, 6.45) is -2.14. The van der Waals surface area contributed by atoms with E-state index in [1.165, 1.54) is 13.8 Å². The minimum atomic E-state index is -1.46. The van der Waals surface area contributed by atoms with Gasteiger partial charge in [0.25, 0.3) is 0 Å². The zero-order valence-corrected chi connectivity index (χ0v) is 17.4. The zero-order chi connectivity index (χ0) is 23.6. The molecule has 8 N–H and O–H groups in total. The van der Waals surface area contributed by atoms with Crippen molar-refractivity contribution in [3.05, 3.63) is 35.9 Å². The lowest BCUT2D eigenvalue weighted by atomic mass is 10.0. The Morgan fingerprint density at radius 2 is 1.58 bits per heavy atom. The minimum Gasteiger partial charge on any atom is -0.394 e. The first kappa shape index (κ1) is 26.2. The SMILES string of the molecule is C[C@@H](O)[C@H](N)C(=O)N[C@@H](Cc1ccccc1)C(=O)N[C@H](C(=O)N[C@H](C=O)CO)[C@@H](C)O. The highest BCUT2D eigenvalue weighted by molar-refractivity contribution is 5.94. The van der Waals surface area contributed by atoms with E-state index in [0.717, 1.165) is 0 Å². The van der Waals surface area contributed by atoms with Gasteiger partial charge in [0, 0.05) is 6.42 Å². The molecule has 11 heteroatoms. The molecular formula is C20H30N4O7. The van der Waals surface area contributed by atoms with Crippen LogP contribution in [-0.2, 0) is 25.6 Å². The van der Waals surface area contributed by atoms with Crippen LogP contribution in [0.4, 0.5) is 0 Å². The third kappa shape index (κ3) is 8.42. The second-order valence-corrected chi connectivity index (χ2v) is 7.18. The third-order valence-electron chi connectivity index (χ3n) is 4.49. The highest BCUT2D eigenvalue weighted by atomic mass is 16.3. The molecule has 172 valence electrons. The molecule has 0 unspecified atom stereocenters. The number of aliphatic hydroxyl groups is 3. The molecule has 1 aromatic carbocycles. The highest BCUT2D eigenvalue weighted by Crippen LogP contribution is 2.06. The first-order chi connectivity index (χ1) is 14.6. The Balaban J connectivity index is 3.03. The smallest absolute Gasteiger partial charge is 0.245 e. The number of rotatable bonds is 12.